The lowest BCUT2D eigenvalue weighted by Crippen LogP contribution is -2.45. The zero-order valence-electron chi connectivity index (χ0n) is 18.0. The van der Waals surface area contributed by atoms with Gasteiger partial charge >= 0.3 is 6.09 Å². The van der Waals surface area contributed by atoms with E-state index >= 15 is 0 Å². The molecule has 1 heterocycles. The molecule has 0 spiro atoms. The van der Waals surface area contributed by atoms with Gasteiger partial charge in [-0.1, -0.05) is 48.5 Å². The van der Waals surface area contributed by atoms with Crippen molar-refractivity contribution in [1.29, 1.82) is 0 Å². The molecule has 5 heteroatoms. The van der Waals surface area contributed by atoms with Gasteiger partial charge in [-0.2, -0.15) is 0 Å². The molecule has 1 N–H and O–H groups in total. The Morgan fingerprint density at radius 1 is 0.968 bits per heavy atom. The van der Waals surface area contributed by atoms with Crippen LogP contribution < -0.4 is 5.32 Å². The number of nitrogens with one attached hydrogen (secondary N) is 1. The van der Waals surface area contributed by atoms with Crippen molar-refractivity contribution in [2.75, 3.05) is 26.2 Å². The normalized spacial score (nSPS) is 24.3. The Balaban J connectivity index is 1.24. The third-order valence-corrected chi connectivity index (χ3v) is 7.35. The molecule has 4 aliphatic rings. The van der Waals surface area contributed by atoms with Crippen molar-refractivity contribution in [2.24, 2.45) is 11.8 Å². The van der Waals surface area contributed by atoms with Crippen LogP contribution in [0.4, 0.5) is 4.79 Å². The van der Waals surface area contributed by atoms with Gasteiger partial charge in [0.1, 0.15) is 0 Å². The molecular weight excluding hydrogens is 388 g/mol. The van der Waals surface area contributed by atoms with Gasteiger partial charge in [-0.25, -0.2) is 4.79 Å². The van der Waals surface area contributed by atoms with Gasteiger partial charge in [0.2, 0.25) is 5.91 Å². The minimum atomic E-state index is -0.267. The van der Waals surface area contributed by atoms with Crippen LogP contribution in [0.2, 0.25) is 0 Å². The number of ether oxygens (including phenoxy) is 1. The van der Waals surface area contributed by atoms with Crippen LogP contribution in [0, 0.1) is 11.8 Å². The molecule has 2 aromatic carbocycles. The van der Waals surface area contributed by atoms with Crippen LogP contribution in [0.25, 0.3) is 0 Å². The van der Waals surface area contributed by atoms with Gasteiger partial charge in [-0.05, 0) is 54.4 Å². The molecule has 5 nitrogen and oxygen atoms in total. The van der Waals surface area contributed by atoms with E-state index < -0.39 is 0 Å². The van der Waals surface area contributed by atoms with Gasteiger partial charge in [-0.3, -0.25) is 4.79 Å². The molecule has 2 bridgehead atoms. The number of likely N-dealkylation sites (tertiary alicyclic amines) is 1. The van der Waals surface area contributed by atoms with E-state index in [2.05, 4.69) is 53.8 Å². The lowest BCUT2D eigenvalue weighted by molar-refractivity contribution is -0.126. The molecule has 0 aromatic heterocycles. The van der Waals surface area contributed by atoms with E-state index in [1.54, 1.807) is 4.90 Å². The molecule has 1 fully saturated rings. The predicted molar refractivity (Wildman–Crippen MR) is 119 cm³/mol. The van der Waals surface area contributed by atoms with Crippen LogP contribution >= 0.6 is 0 Å². The molecule has 3 aliphatic carbocycles. The predicted octanol–water partition coefficient (Wildman–Crippen LogP) is 4.27. The van der Waals surface area contributed by atoms with Gasteiger partial charge in [0.05, 0.1) is 6.61 Å². The number of carbonyl (C=O) groups is 2. The molecule has 0 unspecified atom stereocenters. The molecule has 6 rings (SSSR count). The molecular formula is C26H30N2O3. The summed E-state index contributed by atoms with van der Waals surface area (Å²) in [6, 6.07) is 17.6. The Morgan fingerprint density at radius 2 is 1.55 bits per heavy atom. The zero-order chi connectivity index (χ0) is 21.4. The third-order valence-electron chi connectivity index (χ3n) is 7.35. The summed E-state index contributed by atoms with van der Waals surface area (Å²) in [6.07, 6.45) is 2.22. The molecule has 2 amide bonds. The van der Waals surface area contributed by atoms with Crippen LogP contribution in [0.3, 0.4) is 0 Å². The van der Waals surface area contributed by atoms with Gasteiger partial charge in [0.15, 0.2) is 0 Å². The average Bonchev–Trinajstić information content (AvgIpc) is 2.83. The average molecular weight is 419 g/mol. The molecule has 0 saturated carbocycles. The first-order valence-corrected chi connectivity index (χ1v) is 11.5. The van der Waals surface area contributed by atoms with Crippen LogP contribution in [0.1, 0.15) is 60.3 Å². The van der Waals surface area contributed by atoms with Crippen LogP contribution in [0.15, 0.2) is 48.5 Å². The fourth-order valence-corrected chi connectivity index (χ4v) is 5.87. The topological polar surface area (TPSA) is 58.6 Å². The summed E-state index contributed by atoms with van der Waals surface area (Å²) in [5, 5.41) is 3.26. The first-order valence-electron chi connectivity index (χ1n) is 11.5. The zero-order valence-corrected chi connectivity index (χ0v) is 18.0. The van der Waals surface area contributed by atoms with Crippen molar-refractivity contribution >= 4 is 12.0 Å². The molecule has 0 radical (unpaired) electrons. The molecule has 2 aromatic rings. The number of amides is 2. The van der Waals surface area contributed by atoms with E-state index in [1.807, 2.05) is 6.92 Å². The molecule has 1 atom stereocenters. The lowest BCUT2D eigenvalue weighted by atomic mass is 9.59. The van der Waals surface area contributed by atoms with Crippen molar-refractivity contribution in [3.05, 3.63) is 70.8 Å². The number of benzene rings is 2. The number of hydrogen-bond acceptors (Lipinski definition) is 3. The van der Waals surface area contributed by atoms with Gasteiger partial charge < -0.3 is 15.0 Å². The fourth-order valence-electron chi connectivity index (χ4n) is 5.87. The first-order chi connectivity index (χ1) is 15.2. The highest BCUT2D eigenvalue weighted by atomic mass is 16.6. The minimum absolute atomic E-state index is 0.0222. The van der Waals surface area contributed by atoms with Crippen molar-refractivity contribution < 1.29 is 14.3 Å². The molecule has 1 aliphatic heterocycles. The Kier molecular flexibility index (Phi) is 5.43. The van der Waals surface area contributed by atoms with E-state index in [9.17, 15) is 9.59 Å². The van der Waals surface area contributed by atoms with Crippen LogP contribution in [-0.2, 0) is 9.53 Å². The maximum atomic E-state index is 12.9. The summed E-state index contributed by atoms with van der Waals surface area (Å²) in [7, 11) is 0. The Labute approximate surface area is 183 Å². The summed E-state index contributed by atoms with van der Waals surface area (Å²) in [4.78, 5) is 26.5. The third kappa shape index (κ3) is 3.60. The standard InChI is InChI=1S/C26H30N2O3/c1-2-31-26(30)28-13-11-17(12-14-28)25(29)27-16-18-15-23-19-7-3-5-9-21(19)24(18)22-10-6-4-8-20(22)23/h3-10,17-18,23-24H,2,11-16H2,1H3,(H,27,29)/t18-,23?,24?/m0/s1. The van der Waals surface area contributed by atoms with Crippen molar-refractivity contribution in [3.63, 3.8) is 0 Å². The number of piperidine rings is 1. The highest BCUT2D eigenvalue weighted by Gasteiger charge is 2.43. The summed E-state index contributed by atoms with van der Waals surface area (Å²) < 4.78 is 5.08. The molecule has 31 heavy (non-hydrogen) atoms. The van der Waals surface area contributed by atoms with Crippen molar-refractivity contribution in [2.45, 2.75) is 38.0 Å². The largest absolute Gasteiger partial charge is 0.450 e. The maximum absolute atomic E-state index is 12.9. The van der Waals surface area contributed by atoms with E-state index in [1.165, 1.54) is 22.3 Å². The summed E-state index contributed by atoms with van der Waals surface area (Å²) in [5.41, 5.74) is 5.78. The van der Waals surface area contributed by atoms with E-state index in [0.29, 0.717) is 56.8 Å². The van der Waals surface area contributed by atoms with Gasteiger partial charge in [0.25, 0.3) is 0 Å². The highest BCUT2D eigenvalue weighted by molar-refractivity contribution is 5.79. The quantitative estimate of drug-likeness (QED) is 0.807. The maximum Gasteiger partial charge on any atom is 0.409 e. The monoisotopic (exact) mass is 418 g/mol. The second-order valence-corrected chi connectivity index (χ2v) is 8.99. The van der Waals surface area contributed by atoms with Crippen molar-refractivity contribution in [3.8, 4) is 0 Å². The molecule has 162 valence electrons. The van der Waals surface area contributed by atoms with Crippen LogP contribution in [-0.4, -0.2) is 43.1 Å². The fraction of sp³-hybridized carbons (Fsp3) is 0.462. The summed E-state index contributed by atoms with van der Waals surface area (Å²) >= 11 is 0. The van der Waals surface area contributed by atoms with E-state index in [0.717, 1.165) is 6.42 Å². The number of nitrogens with zero attached hydrogens (tertiary/aromatic N) is 1. The van der Waals surface area contributed by atoms with E-state index in [-0.39, 0.29) is 17.9 Å². The SMILES string of the molecule is CCOC(=O)N1CCC(C(=O)NC[C@@H]2CC3c4ccccc4C2c2ccccc23)CC1. The Morgan fingerprint density at radius 3 is 2.13 bits per heavy atom. The van der Waals surface area contributed by atoms with Crippen LogP contribution in [0.5, 0.6) is 0 Å². The highest BCUT2D eigenvalue weighted by Crippen LogP contribution is 2.55. The minimum Gasteiger partial charge on any atom is -0.450 e. The number of carbonyl (C=O) groups excluding carboxylic acids is 2. The Hall–Kier alpha value is -2.82. The second kappa shape index (κ2) is 8.37. The van der Waals surface area contributed by atoms with E-state index in [4.69, 9.17) is 4.74 Å². The van der Waals surface area contributed by atoms with Gasteiger partial charge in [0, 0.05) is 37.4 Å². The Bertz CT molecular complexity index is 933. The number of rotatable bonds is 4. The first kappa shape index (κ1) is 20.1. The van der Waals surface area contributed by atoms with Gasteiger partial charge in [-0.15, -0.1) is 0 Å². The smallest absolute Gasteiger partial charge is 0.409 e. The summed E-state index contributed by atoms with van der Waals surface area (Å²) in [6.45, 7) is 4.08. The number of hydrogen-bond donors (Lipinski definition) is 1. The number of fused-ring (bicyclic) bond motifs is 1. The molecule has 1 saturated heterocycles. The van der Waals surface area contributed by atoms with Crippen molar-refractivity contribution in [1.82, 2.24) is 10.2 Å². The lowest BCUT2D eigenvalue weighted by Gasteiger charge is -2.45. The second-order valence-electron chi connectivity index (χ2n) is 8.99. The summed E-state index contributed by atoms with van der Waals surface area (Å²) in [5.74, 6) is 1.30.